The molecule has 0 fully saturated rings. The minimum absolute atomic E-state index is 0.0368. The molecule has 508 valence electrons. The molecule has 0 unspecified atom stereocenters. The van der Waals surface area contributed by atoms with Gasteiger partial charge in [-0.05, 0) is 184 Å². The number of rotatable bonds is 39. The van der Waals surface area contributed by atoms with Gasteiger partial charge in [0.15, 0.2) is 0 Å². The number of hydrogen-bond acceptors (Lipinski definition) is 21. The van der Waals surface area contributed by atoms with Gasteiger partial charge in [-0.25, -0.2) is 19.2 Å². The minimum atomic E-state index is -1.11. The van der Waals surface area contributed by atoms with E-state index in [-0.39, 0.29) is 32.8 Å². The number of carboxylic acid groups (broad SMARTS) is 4. The molecule has 0 rings (SSSR count). The molecule has 0 aliphatic heterocycles. The van der Waals surface area contributed by atoms with E-state index in [1.165, 1.54) is 14.2 Å². The van der Waals surface area contributed by atoms with Crippen molar-refractivity contribution in [1.29, 1.82) is 0 Å². The lowest BCUT2D eigenvalue weighted by Crippen LogP contribution is -2.42. The fraction of sp³-hybridized carbons (Fsp3) is 0.678. The molecule has 4 atom stereocenters. The Bertz CT molecular complexity index is 2200. The quantitative estimate of drug-likeness (QED) is 0.0236. The van der Waals surface area contributed by atoms with Crippen molar-refractivity contribution in [2.45, 2.75) is 154 Å². The Hall–Kier alpha value is -7.28. The molecule has 0 aromatic heterocycles. The van der Waals surface area contributed by atoms with Crippen LogP contribution in [-0.4, -0.2) is 216 Å². The Morgan fingerprint density at radius 1 is 0.461 bits per heavy atom. The van der Waals surface area contributed by atoms with Crippen LogP contribution in [0.2, 0.25) is 0 Å². The lowest BCUT2D eigenvalue weighted by molar-refractivity contribution is -0.143. The zero-order valence-electron chi connectivity index (χ0n) is 53.1. The maximum absolute atomic E-state index is 11.6. The number of unbranched alkanes of at least 4 members (excludes halogenated alkanes) is 4. The predicted molar refractivity (Wildman–Crippen MR) is 332 cm³/mol. The number of amides is 4. The SMILES string of the molecule is C#CC#CC#CC#CC#C.CC(C)(C)OC(=O)NCCCC[C@H](N)C(=O)O.COCCOCC(=O)Cl.COCCOCC(=O)N[C@@H](CCCCN)C(=O)O.COCCOCC(=O)N[C@@H](CCCCNC(=O)OC(C)(C)C)C(=O)O.NCCCC[C@H](N)C(=O)O. The highest BCUT2D eigenvalue weighted by molar-refractivity contribution is 6.63. The molecule has 29 nitrogen and oxygen atoms in total. The Labute approximate surface area is 529 Å². The molecule has 89 heavy (non-hydrogen) atoms. The number of halogens is 1. The van der Waals surface area contributed by atoms with E-state index >= 15 is 0 Å². The smallest absolute Gasteiger partial charge is 0.407 e. The first-order chi connectivity index (χ1) is 41.9. The molecule has 0 bridgehead atoms. The molecular formula is C59H99ClN8O21. The lowest BCUT2D eigenvalue weighted by atomic mass is 10.1. The number of carbonyl (C=O) groups is 9. The molecule has 0 aliphatic rings. The molecule has 0 aliphatic carbocycles. The van der Waals surface area contributed by atoms with Gasteiger partial charge in [0.2, 0.25) is 17.1 Å². The van der Waals surface area contributed by atoms with Crippen LogP contribution < -0.4 is 44.2 Å². The molecule has 30 heteroatoms. The summed E-state index contributed by atoms with van der Waals surface area (Å²) >= 11 is 4.95. The van der Waals surface area contributed by atoms with Crippen LogP contribution in [0.5, 0.6) is 0 Å². The monoisotopic (exact) mass is 1290 g/mol. The summed E-state index contributed by atoms with van der Waals surface area (Å²) in [5, 5.41) is 44.5. The largest absolute Gasteiger partial charge is 0.480 e. The molecule has 0 saturated carbocycles. The highest BCUT2D eigenvalue weighted by Crippen LogP contribution is 2.08. The van der Waals surface area contributed by atoms with Crippen molar-refractivity contribution in [3.63, 3.8) is 0 Å². The van der Waals surface area contributed by atoms with Gasteiger partial charge >= 0.3 is 36.1 Å². The van der Waals surface area contributed by atoms with Gasteiger partial charge in [-0.2, -0.15) is 0 Å². The van der Waals surface area contributed by atoms with Gasteiger partial charge in [0.05, 0.1) is 39.6 Å². The van der Waals surface area contributed by atoms with E-state index in [1.807, 2.05) is 0 Å². The van der Waals surface area contributed by atoms with Crippen molar-refractivity contribution in [3.05, 3.63) is 0 Å². The average Bonchev–Trinajstić information content (AvgIpc) is 3.68. The molecule has 0 heterocycles. The van der Waals surface area contributed by atoms with Crippen LogP contribution >= 0.6 is 11.6 Å². The van der Waals surface area contributed by atoms with Crippen LogP contribution in [-0.2, 0) is 71.5 Å². The number of nitrogens with two attached hydrogens (primary N) is 4. The fourth-order valence-corrected chi connectivity index (χ4v) is 5.39. The van der Waals surface area contributed by atoms with Crippen LogP contribution in [0.1, 0.15) is 119 Å². The van der Waals surface area contributed by atoms with Crippen LogP contribution in [0.3, 0.4) is 0 Å². The van der Waals surface area contributed by atoms with Crippen molar-refractivity contribution in [1.82, 2.24) is 21.3 Å². The number of hydrogen-bond donors (Lipinski definition) is 12. The predicted octanol–water partition coefficient (Wildman–Crippen LogP) is 1.56. The molecule has 0 spiro atoms. The summed E-state index contributed by atoms with van der Waals surface area (Å²) in [4.78, 5) is 98.3. The number of alkyl carbamates (subject to hydrolysis) is 2. The first-order valence-corrected chi connectivity index (χ1v) is 28.4. The van der Waals surface area contributed by atoms with Gasteiger partial charge in [-0.3, -0.25) is 24.0 Å². The summed E-state index contributed by atoms with van der Waals surface area (Å²) in [5.74, 6) is 13.4. The molecule has 4 amide bonds. The molecule has 16 N–H and O–H groups in total. The van der Waals surface area contributed by atoms with Crippen LogP contribution in [0, 0.1) is 60.2 Å². The Kier molecular flexibility index (Phi) is 68.0. The normalized spacial score (nSPS) is 11.2. The van der Waals surface area contributed by atoms with Crippen LogP contribution in [0.25, 0.3) is 0 Å². The maximum atomic E-state index is 11.6. The first-order valence-electron chi connectivity index (χ1n) is 28.0. The molecule has 0 aromatic carbocycles. The Morgan fingerprint density at radius 2 is 0.764 bits per heavy atom. The van der Waals surface area contributed by atoms with Crippen LogP contribution in [0.15, 0.2) is 0 Å². The summed E-state index contributed by atoms with van der Waals surface area (Å²) in [6, 6.07) is -3.40. The third kappa shape index (κ3) is 82.8. The zero-order chi connectivity index (χ0) is 69.3. The van der Waals surface area contributed by atoms with E-state index in [2.05, 4.69) is 73.4 Å². The van der Waals surface area contributed by atoms with E-state index in [1.54, 1.807) is 48.7 Å². The van der Waals surface area contributed by atoms with Gasteiger partial charge in [-0.1, -0.05) is 6.42 Å². The maximum Gasteiger partial charge on any atom is 0.407 e. The topological polar surface area (TPSA) is 461 Å². The van der Waals surface area contributed by atoms with E-state index in [0.29, 0.717) is 111 Å². The summed E-state index contributed by atoms with van der Waals surface area (Å²) in [6.07, 6.45) is 15.7. The Morgan fingerprint density at radius 3 is 1.04 bits per heavy atom. The van der Waals surface area contributed by atoms with E-state index < -0.39 is 88.5 Å². The van der Waals surface area contributed by atoms with Crippen molar-refractivity contribution in [3.8, 4) is 60.2 Å². The third-order valence-corrected chi connectivity index (χ3v) is 9.56. The van der Waals surface area contributed by atoms with Crippen LogP contribution in [0.4, 0.5) is 9.59 Å². The third-order valence-electron chi connectivity index (χ3n) is 9.45. The number of aliphatic carboxylic acids is 4. The fourth-order valence-electron chi connectivity index (χ4n) is 5.31. The van der Waals surface area contributed by atoms with Crippen molar-refractivity contribution < 1.29 is 101 Å². The standard InChI is InChI=1S/C16H30N2O7.C11H22N2O5.C11H22N2O4.C10H2.C6H14N2O2.C5H9ClO3/c1-16(2,3)25-15(22)17-8-6-5-7-12(14(20)21)18-13(19)11-24-10-9-23-4;1-17-6-7-18-8-10(14)13-9(11(15)16)4-2-3-5-12;1-11(2,3)17-10(16)13-7-5-4-6-8(12)9(14)15;1-3-5-7-9-10-8-6-4-2;7-4-2-1-3-5(8)6(9)10;1-8-2-3-9-4-5(6)7/h12H,5-11H2,1-4H3,(H,17,22)(H,18,19)(H,20,21);9H,2-8,12H2,1H3,(H,13,14)(H,15,16);8H,4-7,12H2,1-3H3,(H,13,16)(H,14,15);1-2H;5H,1-4,7-8H2,(H,9,10);2-4H2,1H3/t12-;9-;8-;;5-;/m000.0./s1. The highest BCUT2D eigenvalue weighted by Gasteiger charge is 2.22. The van der Waals surface area contributed by atoms with Crippen molar-refractivity contribution in [2.75, 3.05) is 107 Å². The molecular weight excluding hydrogens is 1190 g/mol. The second-order valence-corrected chi connectivity index (χ2v) is 20.2. The summed E-state index contributed by atoms with van der Waals surface area (Å²) in [5.41, 5.74) is 20.0. The van der Waals surface area contributed by atoms with Gasteiger partial charge in [0.1, 0.15) is 55.2 Å². The Balaban J connectivity index is -0.000000242. The second kappa shape index (κ2) is 65.2. The molecule has 0 aromatic rings. The average molecular weight is 1290 g/mol. The number of terminal acetylenes is 2. The van der Waals surface area contributed by atoms with Gasteiger partial charge < -0.3 is 103 Å². The van der Waals surface area contributed by atoms with E-state index in [0.717, 1.165) is 19.3 Å². The highest BCUT2D eigenvalue weighted by atomic mass is 35.5. The first kappa shape index (κ1) is 92.9. The van der Waals surface area contributed by atoms with Crippen molar-refractivity contribution >= 4 is 64.7 Å². The minimum Gasteiger partial charge on any atom is -0.480 e. The molecule has 0 radical (unpaired) electrons. The van der Waals surface area contributed by atoms with E-state index in [4.69, 9.17) is 101 Å². The van der Waals surface area contributed by atoms with Gasteiger partial charge in [0.25, 0.3) is 0 Å². The number of carboxylic acids is 4. The lowest BCUT2D eigenvalue weighted by Gasteiger charge is -2.19. The number of ether oxygens (including phenoxy) is 8. The van der Waals surface area contributed by atoms with Crippen molar-refractivity contribution in [2.24, 2.45) is 22.9 Å². The summed E-state index contributed by atoms with van der Waals surface area (Å²) in [6.45, 7) is 14.4. The summed E-state index contributed by atoms with van der Waals surface area (Å²) in [7, 11) is 4.61. The summed E-state index contributed by atoms with van der Waals surface area (Å²) < 4.78 is 39.0. The van der Waals surface area contributed by atoms with Gasteiger partial charge in [-0.15, -0.1) is 12.8 Å². The van der Waals surface area contributed by atoms with E-state index in [9.17, 15) is 43.2 Å². The number of methoxy groups -OCH3 is 3. The van der Waals surface area contributed by atoms with Gasteiger partial charge in [0, 0.05) is 34.4 Å². The number of nitrogens with one attached hydrogen (secondary N) is 4. The molecule has 0 saturated heterocycles. The zero-order valence-corrected chi connectivity index (χ0v) is 53.8. The second-order valence-electron chi connectivity index (χ2n) is 19.8. The number of carbonyl (C=O) groups excluding carboxylic acids is 5.